The molecule has 3 rings (SSSR count). The van der Waals surface area contributed by atoms with E-state index in [0.29, 0.717) is 25.2 Å². The third-order valence-electron chi connectivity index (χ3n) is 5.23. The molecular weight excluding hydrogens is 468 g/mol. The van der Waals surface area contributed by atoms with Crippen LogP contribution in [0.3, 0.4) is 0 Å². The summed E-state index contributed by atoms with van der Waals surface area (Å²) in [6.45, 7) is 0.498. The van der Waals surface area contributed by atoms with Gasteiger partial charge in [-0.05, 0) is 30.3 Å². The zero-order chi connectivity index (χ0) is 25.0. The Morgan fingerprint density at radius 3 is 1.94 bits per heavy atom. The van der Waals surface area contributed by atoms with Crippen LogP contribution in [0, 0.1) is 34.9 Å². The molecule has 1 unspecified atom stereocenters. The molecule has 1 saturated heterocycles. The fourth-order valence-electron chi connectivity index (χ4n) is 3.39. The molecule has 1 aliphatic rings. The van der Waals surface area contributed by atoms with Crippen molar-refractivity contribution in [2.75, 3.05) is 37.7 Å². The van der Waals surface area contributed by atoms with Gasteiger partial charge in [0.1, 0.15) is 11.9 Å². The van der Waals surface area contributed by atoms with E-state index in [-0.39, 0.29) is 18.9 Å². The molecule has 182 valence electrons. The van der Waals surface area contributed by atoms with E-state index in [1.807, 2.05) is 4.90 Å². The van der Waals surface area contributed by atoms with Crippen molar-refractivity contribution >= 4 is 23.6 Å². The fourth-order valence-corrected chi connectivity index (χ4v) is 3.39. The monoisotopic (exact) mass is 487 g/mol. The number of carbonyl (C=O) groups is 2. The van der Waals surface area contributed by atoms with Gasteiger partial charge < -0.3 is 20.2 Å². The van der Waals surface area contributed by atoms with Crippen LogP contribution in [0.15, 0.2) is 30.3 Å². The van der Waals surface area contributed by atoms with E-state index in [4.69, 9.17) is 0 Å². The first-order valence-electron chi connectivity index (χ1n) is 10.0. The van der Waals surface area contributed by atoms with Gasteiger partial charge in [-0.2, -0.15) is 0 Å². The first-order chi connectivity index (χ1) is 16.1. The number of hydrogen-bond acceptors (Lipinski definition) is 4. The van der Waals surface area contributed by atoms with Crippen LogP contribution in [0.25, 0.3) is 6.08 Å². The van der Waals surface area contributed by atoms with Gasteiger partial charge in [-0.15, -0.1) is 0 Å². The first-order valence-corrected chi connectivity index (χ1v) is 10.0. The van der Waals surface area contributed by atoms with Gasteiger partial charge in [-0.25, -0.2) is 26.3 Å². The highest BCUT2D eigenvalue weighted by Gasteiger charge is 2.28. The predicted molar refractivity (Wildman–Crippen MR) is 109 cm³/mol. The molecular formula is C22H19F6N3O3. The molecule has 0 spiro atoms. The third kappa shape index (κ3) is 5.33. The third-order valence-corrected chi connectivity index (χ3v) is 5.23. The lowest BCUT2D eigenvalue weighted by atomic mass is 10.1. The van der Waals surface area contributed by atoms with Crippen LogP contribution in [0.4, 0.5) is 32.0 Å². The smallest absolute Gasteiger partial charge is 0.247 e. The van der Waals surface area contributed by atoms with Crippen molar-refractivity contribution in [2.24, 2.45) is 0 Å². The summed E-state index contributed by atoms with van der Waals surface area (Å²) in [5.74, 6) is -13.0. The van der Waals surface area contributed by atoms with E-state index in [2.05, 4.69) is 5.32 Å². The minimum Gasteiger partial charge on any atom is -0.394 e. The van der Waals surface area contributed by atoms with Crippen LogP contribution in [0.1, 0.15) is 5.56 Å². The lowest BCUT2D eigenvalue weighted by molar-refractivity contribution is -0.137. The van der Waals surface area contributed by atoms with E-state index in [9.17, 15) is 41.0 Å². The molecule has 6 nitrogen and oxygen atoms in total. The maximum atomic E-state index is 13.7. The van der Waals surface area contributed by atoms with Crippen LogP contribution in [-0.2, 0) is 9.59 Å². The number of amides is 2. The zero-order valence-corrected chi connectivity index (χ0v) is 17.5. The molecule has 0 bridgehead atoms. The molecule has 2 aromatic carbocycles. The van der Waals surface area contributed by atoms with Gasteiger partial charge in [0.25, 0.3) is 0 Å². The summed E-state index contributed by atoms with van der Waals surface area (Å²) in [4.78, 5) is 28.0. The highest BCUT2D eigenvalue weighted by Crippen LogP contribution is 2.24. The van der Waals surface area contributed by atoms with Crippen molar-refractivity contribution in [1.29, 1.82) is 0 Å². The topological polar surface area (TPSA) is 72.9 Å². The molecule has 34 heavy (non-hydrogen) atoms. The van der Waals surface area contributed by atoms with E-state index in [1.165, 1.54) is 17.0 Å². The second-order valence-corrected chi connectivity index (χ2v) is 7.35. The minimum absolute atomic E-state index is 0.239. The number of hydrogen-bond donors (Lipinski definition) is 2. The van der Waals surface area contributed by atoms with Crippen LogP contribution in [0.5, 0.6) is 0 Å². The summed E-state index contributed by atoms with van der Waals surface area (Å²) in [5.41, 5.74) is -0.561. The van der Waals surface area contributed by atoms with Gasteiger partial charge in [0.15, 0.2) is 23.3 Å². The average Bonchev–Trinajstić information content (AvgIpc) is 2.85. The second kappa shape index (κ2) is 10.6. The van der Waals surface area contributed by atoms with Crippen molar-refractivity contribution < 1.29 is 41.0 Å². The molecule has 2 aromatic rings. The number of rotatable bonds is 6. The zero-order valence-electron chi connectivity index (χ0n) is 17.5. The molecule has 0 aliphatic carbocycles. The molecule has 1 heterocycles. The molecule has 1 aliphatic heterocycles. The number of piperazine rings is 1. The van der Waals surface area contributed by atoms with Crippen molar-refractivity contribution in [3.8, 4) is 0 Å². The Morgan fingerprint density at radius 2 is 1.41 bits per heavy atom. The maximum absolute atomic E-state index is 13.7. The highest BCUT2D eigenvalue weighted by molar-refractivity contribution is 5.95. The number of aliphatic hydroxyl groups is 1. The normalized spacial score (nSPS) is 15.0. The van der Waals surface area contributed by atoms with Crippen molar-refractivity contribution in [2.45, 2.75) is 6.04 Å². The van der Waals surface area contributed by atoms with E-state index >= 15 is 0 Å². The lowest BCUT2D eigenvalue weighted by Gasteiger charge is -2.37. The largest absolute Gasteiger partial charge is 0.394 e. The molecule has 0 aromatic heterocycles. The van der Waals surface area contributed by atoms with Crippen LogP contribution >= 0.6 is 0 Å². The Kier molecular flexibility index (Phi) is 7.82. The van der Waals surface area contributed by atoms with E-state index in [0.717, 1.165) is 5.69 Å². The molecule has 2 N–H and O–H groups in total. The van der Waals surface area contributed by atoms with Gasteiger partial charge in [0, 0.05) is 37.9 Å². The molecule has 12 heteroatoms. The molecule has 0 radical (unpaired) electrons. The van der Waals surface area contributed by atoms with E-state index in [1.54, 1.807) is 12.1 Å². The Morgan fingerprint density at radius 1 is 0.882 bits per heavy atom. The molecule has 1 fully saturated rings. The molecule has 0 saturated carbocycles. The number of benzene rings is 2. The van der Waals surface area contributed by atoms with Gasteiger partial charge in [-0.1, -0.05) is 0 Å². The summed E-state index contributed by atoms with van der Waals surface area (Å²) >= 11 is 0. The quantitative estimate of drug-likeness (QED) is 0.284. The number of nitrogens with one attached hydrogen (secondary N) is 1. The average molecular weight is 487 g/mol. The number of aliphatic hydroxyl groups excluding tert-OH is 1. The summed E-state index contributed by atoms with van der Waals surface area (Å²) in [7, 11) is 0. The standard InChI is InChI=1S/C22H19F6N3O3/c23-12-1-3-13(4-2-12)30-7-9-31(10-8-30)22(34)15(11-32)29-16(33)6-5-14-17(24)19(26)21(28)20(27)18(14)25/h1-6,15,32H,7-11H2,(H,29,33). The maximum Gasteiger partial charge on any atom is 0.247 e. The molecule has 2 amide bonds. The SMILES string of the molecule is O=C(C=Cc1c(F)c(F)c(F)c(F)c1F)NC(CO)C(=O)N1CCN(c2ccc(F)cc2)CC1. The summed E-state index contributed by atoms with van der Waals surface area (Å²) in [5, 5.41) is 11.6. The van der Waals surface area contributed by atoms with Crippen molar-refractivity contribution in [1.82, 2.24) is 10.2 Å². The summed E-state index contributed by atoms with van der Waals surface area (Å²) in [6.07, 6.45) is 0.868. The van der Waals surface area contributed by atoms with Crippen molar-refractivity contribution in [3.05, 3.63) is 70.8 Å². The van der Waals surface area contributed by atoms with Crippen LogP contribution in [-0.4, -0.2) is 60.6 Å². The Hall–Kier alpha value is -3.54. The Labute approximate surface area is 190 Å². The van der Waals surface area contributed by atoms with Crippen LogP contribution < -0.4 is 10.2 Å². The Bertz CT molecular complexity index is 1070. The van der Waals surface area contributed by atoms with Gasteiger partial charge in [0.2, 0.25) is 17.6 Å². The van der Waals surface area contributed by atoms with Gasteiger partial charge in [0.05, 0.1) is 12.2 Å². The molecule has 1 atom stereocenters. The van der Waals surface area contributed by atoms with Gasteiger partial charge >= 0.3 is 0 Å². The lowest BCUT2D eigenvalue weighted by Crippen LogP contribution is -2.56. The van der Waals surface area contributed by atoms with Crippen molar-refractivity contribution in [3.63, 3.8) is 0 Å². The fraction of sp³-hybridized carbons (Fsp3) is 0.273. The predicted octanol–water partition coefficient (Wildman–Crippen LogP) is 2.36. The summed E-state index contributed by atoms with van der Waals surface area (Å²) in [6, 6.07) is 4.42. The number of halogens is 6. The first kappa shape index (κ1) is 25.1. The number of carbonyl (C=O) groups excluding carboxylic acids is 2. The number of anilines is 1. The number of nitrogens with zero attached hydrogens (tertiary/aromatic N) is 2. The van der Waals surface area contributed by atoms with Gasteiger partial charge in [-0.3, -0.25) is 9.59 Å². The van der Waals surface area contributed by atoms with E-state index < -0.39 is 59.1 Å². The minimum atomic E-state index is -2.33. The summed E-state index contributed by atoms with van der Waals surface area (Å²) < 4.78 is 80.1. The highest BCUT2D eigenvalue weighted by atomic mass is 19.2. The Balaban J connectivity index is 1.61. The van der Waals surface area contributed by atoms with Crippen LogP contribution in [0.2, 0.25) is 0 Å². The second-order valence-electron chi connectivity index (χ2n) is 7.35.